The summed E-state index contributed by atoms with van der Waals surface area (Å²) >= 11 is 6.00. The van der Waals surface area contributed by atoms with E-state index in [0.29, 0.717) is 24.5 Å². The number of halogens is 2. The lowest BCUT2D eigenvalue weighted by atomic mass is 10.1. The highest BCUT2D eigenvalue weighted by molar-refractivity contribution is 6.31. The van der Waals surface area contributed by atoms with E-state index in [9.17, 15) is 9.18 Å². The van der Waals surface area contributed by atoms with Gasteiger partial charge < -0.3 is 10.6 Å². The second-order valence-electron chi connectivity index (χ2n) is 4.58. The van der Waals surface area contributed by atoms with Gasteiger partial charge in [-0.15, -0.1) is 0 Å². The van der Waals surface area contributed by atoms with Crippen molar-refractivity contribution in [3.05, 3.63) is 70.5 Å². The molecular weight excluding hydrogens is 291 g/mol. The van der Waals surface area contributed by atoms with E-state index in [4.69, 9.17) is 11.6 Å². The zero-order valence-corrected chi connectivity index (χ0v) is 12.2. The van der Waals surface area contributed by atoms with Gasteiger partial charge in [-0.25, -0.2) is 9.18 Å². The topological polar surface area (TPSA) is 41.1 Å². The Labute approximate surface area is 128 Å². The van der Waals surface area contributed by atoms with E-state index in [2.05, 4.69) is 10.6 Å². The third-order valence-corrected chi connectivity index (χ3v) is 3.35. The third kappa shape index (κ3) is 5.08. The van der Waals surface area contributed by atoms with Crippen LogP contribution in [0.1, 0.15) is 11.1 Å². The first-order valence-corrected chi connectivity index (χ1v) is 7.02. The van der Waals surface area contributed by atoms with Crippen LogP contribution in [0.15, 0.2) is 48.5 Å². The quantitative estimate of drug-likeness (QED) is 0.872. The van der Waals surface area contributed by atoms with Crippen LogP contribution in [0.4, 0.5) is 9.18 Å². The van der Waals surface area contributed by atoms with E-state index in [1.54, 1.807) is 12.1 Å². The molecule has 0 unspecified atom stereocenters. The van der Waals surface area contributed by atoms with Gasteiger partial charge in [-0.2, -0.15) is 0 Å². The average Bonchev–Trinajstić information content (AvgIpc) is 2.46. The molecule has 0 saturated heterocycles. The fourth-order valence-electron chi connectivity index (χ4n) is 1.89. The Morgan fingerprint density at radius 3 is 2.67 bits per heavy atom. The molecule has 0 radical (unpaired) electrons. The second kappa shape index (κ2) is 7.64. The highest BCUT2D eigenvalue weighted by Crippen LogP contribution is 2.14. The van der Waals surface area contributed by atoms with Crippen LogP contribution < -0.4 is 10.6 Å². The minimum absolute atomic E-state index is 0.268. The lowest BCUT2D eigenvalue weighted by Gasteiger charge is -2.08. The van der Waals surface area contributed by atoms with Crippen LogP contribution in [0, 0.1) is 5.82 Å². The SMILES string of the molecule is O=C(NCCc1cccc(F)c1)NCc1ccccc1Cl. The first-order chi connectivity index (χ1) is 10.1. The van der Waals surface area contributed by atoms with Gasteiger partial charge >= 0.3 is 6.03 Å². The Morgan fingerprint density at radius 1 is 1.10 bits per heavy atom. The molecule has 2 amide bonds. The standard InChI is InChI=1S/C16H16ClFN2O/c17-15-7-2-1-5-13(15)11-20-16(21)19-9-8-12-4-3-6-14(18)10-12/h1-7,10H,8-9,11H2,(H2,19,20,21). The predicted octanol–water partition coefficient (Wildman–Crippen LogP) is 3.52. The van der Waals surface area contributed by atoms with Crippen molar-refractivity contribution in [2.24, 2.45) is 0 Å². The van der Waals surface area contributed by atoms with Gasteiger partial charge in [-0.3, -0.25) is 0 Å². The number of hydrogen-bond donors (Lipinski definition) is 2. The Kier molecular flexibility index (Phi) is 5.58. The number of carbonyl (C=O) groups excluding carboxylic acids is 1. The van der Waals surface area contributed by atoms with Crippen LogP contribution in [0.3, 0.4) is 0 Å². The molecule has 0 heterocycles. The summed E-state index contributed by atoms with van der Waals surface area (Å²) in [4.78, 5) is 11.6. The molecule has 3 nitrogen and oxygen atoms in total. The van der Waals surface area contributed by atoms with E-state index >= 15 is 0 Å². The molecule has 5 heteroatoms. The molecular formula is C16H16ClFN2O. The Morgan fingerprint density at radius 2 is 1.90 bits per heavy atom. The van der Waals surface area contributed by atoms with Crippen molar-refractivity contribution in [3.8, 4) is 0 Å². The Balaban J connectivity index is 1.72. The number of benzene rings is 2. The number of hydrogen-bond acceptors (Lipinski definition) is 1. The summed E-state index contributed by atoms with van der Waals surface area (Å²) in [6.07, 6.45) is 0.581. The Hall–Kier alpha value is -2.07. The van der Waals surface area contributed by atoms with Crippen molar-refractivity contribution in [2.75, 3.05) is 6.54 Å². The molecule has 2 rings (SSSR count). The van der Waals surface area contributed by atoms with Crippen molar-refractivity contribution >= 4 is 17.6 Å². The molecule has 0 aliphatic carbocycles. The van der Waals surface area contributed by atoms with Gasteiger partial charge in [-0.1, -0.05) is 41.9 Å². The summed E-state index contributed by atoms with van der Waals surface area (Å²) in [5.41, 5.74) is 1.71. The number of urea groups is 1. The van der Waals surface area contributed by atoms with Gasteiger partial charge in [0.05, 0.1) is 0 Å². The van der Waals surface area contributed by atoms with Crippen molar-refractivity contribution < 1.29 is 9.18 Å². The van der Waals surface area contributed by atoms with Gasteiger partial charge in [0.25, 0.3) is 0 Å². The minimum atomic E-state index is -0.272. The van der Waals surface area contributed by atoms with Gasteiger partial charge in [0.15, 0.2) is 0 Å². The predicted molar refractivity (Wildman–Crippen MR) is 81.8 cm³/mol. The molecule has 21 heavy (non-hydrogen) atoms. The molecule has 0 fully saturated rings. The monoisotopic (exact) mass is 306 g/mol. The van der Waals surface area contributed by atoms with Gasteiger partial charge in [0, 0.05) is 18.1 Å². The maximum atomic E-state index is 13.0. The van der Waals surface area contributed by atoms with E-state index in [1.165, 1.54) is 12.1 Å². The highest BCUT2D eigenvalue weighted by Gasteiger charge is 2.03. The molecule has 0 atom stereocenters. The molecule has 2 aromatic carbocycles. The Bertz CT molecular complexity index is 619. The maximum absolute atomic E-state index is 13.0. The van der Waals surface area contributed by atoms with E-state index < -0.39 is 0 Å². The average molecular weight is 307 g/mol. The van der Waals surface area contributed by atoms with Gasteiger partial charge in [0.2, 0.25) is 0 Å². The van der Waals surface area contributed by atoms with Crippen LogP contribution in [-0.2, 0) is 13.0 Å². The van der Waals surface area contributed by atoms with Crippen LogP contribution in [0.5, 0.6) is 0 Å². The second-order valence-corrected chi connectivity index (χ2v) is 4.99. The smallest absolute Gasteiger partial charge is 0.315 e. The molecule has 0 aliphatic heterocycles. The van der Waals surface area contributed by atoms with Gasteiger partial charge in [0.1, 0.15) is 5.82 Å². The summed E-state index contributed by atoms with van der Waals surface area (Å²) in [6, 6.07) is 13.4. The zero-order valence-electron chi connectivity index (χ0n) is 11.4. The number of carbonyl (C=O) groups is 1. The third-order valence-electron chi connectivity index (χ3n) is 2.99. The lowest BCUT2D eigenvalue weighted by molar-refractivity contribution is 0.240. The molecule has 0 aliphatic rings. The normalized spacial score (nSPS) is 10.2. The van der Waals surface area contributed by atoms with Crippen LogP contribution in [0.25, 0.3) is 0 Å². The van der Waals surface area contributed by atoms with Crippen molar-refractivity contribution in [1.29, 1.82) is 0 Å². The van der Waals surface area contributed by atoms with E-state index in [-0.39, 0.29) is 11.8 Å². The molecule has 0 bridgehead atoms. The molecule has 110 valence electrons. The zero-order chi connectivity index (χ0) is 15.1. The van der Waals surface area contributed by atoms with Crippen molar-refractivity contribution in [1.82, 2.24) is 10.6 Å². The summed E-state index contributed by atoms with van der Waals surface area (Å²) < 4.78 is 13.0. The largest absolute Gasteiger partial charge is 0.338 e. The fourth-order valence-corrected chi connectivity index (χ4v) is 2.10. The molecule has 0 aromatic heterocycles. The first kappa shape index (κ1) is 15.3. The minimum Gasteiger partial charge on any atom is -0.338 e. The highest BCUT2D eigenvalue weighted by atomic mass is 35.5. The number of nitrogens with one attached hydrogen (secondary N) is 2. The van der Waals surface area contributed by atoms with Crippen molar-refractivity contribution in [2.45, 2.75) is 13.0 Å². The fraction of sp³-hybridized carbons (Fsp3) is 0.188. The molecule has 2 N–H and O–H groups in total. The first-order valence-electron chi connectivity index (χ1n) is 6.65. The summed E-state index contributed by atoms with van der Waals surface area (Å²) in [5, 5.41) is 6.08. The number of rotatable bonds is 5. The van der Waals surface area contributed by atoms with Crippen LogP contribution in [-0.4, -0.2) is 12.6 Å². The number of amides is 2. The van der Waals surface area contributed by atoms with E-state index in [0.717, 1.165) is 11.1 Å². The molecule has 0 saturated carbocycles. The lowest BCUT2D eigenvalue weighted by Crippen LogP contribution is -2.36. The summed E-state index contributed by atoms with van der Waals surface area (Å²) in [5.74, 6) is -0.268. The van der Waals surface area contributed by atoms with Crippen LogP contribution in [0.2, 0.25) is 5.02 Å². The summed E-state index contributed by atoms with van der Waals surface area (Å²) in [6.45, 7) is 0.809. The molecule has 2 aromatic rings. The van der Waals surface area contributed by atoms with Crippen molar-refractivity contribution in [3.63, 3.8) is 0 Å². The molecule has 0 spiro atoms. The maximum Gasteiger partial charge on any atom is 0.315 e. The summed E-state index contributed by atoms with van der Waals surface area (Å²) in [7, 11) is 0. The van der Waals surface area contributed by atoms with E-state index in [1.807, 2.05) is 24.3 Å². The van der Waals surface area contributed by atoms with Crippen LogP contribution >= 0.6 is 11.6 Å². The van der Waals surface area contributed by atoms with Gasteiger partial charge in [-0.05, 0) is 35.7 Å².